The number of nitrogens with zero attached hydrogens (tertiary/aromatic N) is 2. The third kappa shape index (κ3) is 4.73. The zero-order chi connectivity index (χ0) is 20.9. The van der Waals surface area contributed by atoms with Gasteiger partial charge >= 0.3 is 0 Å². The van der Waals surface area contributed by atoms with Crippen molar-refractivity contribution >= 4 is 23.2 Å². The normalized spacial score (nSPS) is 19.0. The van der Waals surface area contributed by atoms with E-state index in [-0.39, 0.29) is 30.2 Å². The minimum absolute atomic E-state index is 0.0248. The van der Waals surface area contributed by atoms with Crippen molar-refractivity contribution in [3.05, 3.63) is 58.0 Å². The van der Waals surface area contributed by atoms with Gasteiger partial charge in [0.2, 0.25) is 5.91 Å². The van der Waals surface area contributed by atoms with E-state index in [0.717, 1.165) is 30.6 Å². The van der Waals surface area contributed by atoms with Gasteiger partial charge < -0.3 is 10.2 Å². The van der Waals surface area contributed by atoms with Gasteiger partial charge in [0.1, 0.15) is 5.82 Å². The first kappa shape index (κ1) is 21.0. The van der Waals surface area contributed by atoms with Crippen LogP contribution in [0.2, 0.25) is 0 Å². The van der Waals surface area contributed by atoms with Crippen LogP contribution in [0, 0.1) is 11.7 Å². The predicted octanol–water partition coefficient (Wildman–Crippen LogP) is 3.52. The topological polar surface area (TPSA) is 52.7 Å². The molecule has 0 spiro atoms. The minimum Gasteiger partial charge on any atom is -0.351 e. The number of amides is 2. The molecule has 0 radical (unpaired) electrons. The van der Waals surface area contributed by atoms with Crippen molar-refractivity contribution in [2.75, 3.05) is 26.2 Å². The summed E-state index contributed by atoms with van der Waals surface area (Å²) in [6, 6.07) is 10.1. The van der Waals surface area contributed by atoms with Gasteiger partial charge in [-0.15, -0.1) is 11.3 Å². The zero-order valence-corrected chi connectivity index (χ0v) is 17.9. The van der Waals surface area contributed by atoms with Gasteiger partial charge in [-0.25, -0.2) is 4.39 Å². The molecule has 7 heteroatoms. The highest BCUT2D eigenvalue weighted by Gasteiger charge is 2.37. The lowest BCUT2D eigenvalue weighted by atomic mass is 9.95. The van der Waals surface area contributed by atoms with Crippen LogP contribution in [0.4, 0.5) is 4.39 Å². The number of carbonyl (C=O) groups excluding carboxylic acids is 2. The van der Waals surface area contributed by atoms with E-state index < -0.39 is 0 Å². The van der Waals surface area contributed by atoms with Gasteiger partial charge in [0.15, 0.2) is 0 Å². The molecule has 1 saturated carbocycles. The standard InChI is InChI=1S/C23H28FN3O2S/c24-19-9-4-3-8-18(19)16-25-22(28)21(17-6-1-2-7-17)26-11-13-27(14-12-26)23(29)20-10-5-15-30-20/h3-5,8-10,15,17,21H,1-2,6-7,11-14,16H2,(H,25,28)/t21-/m0/s1. The fourth-order valence-electron chi connectivity index (χ4n) is 4.64. The number of piperazine rings is 1. The minimum atomic E-state index is -0.295. The highest BCUT2D eigenvalue weighted by molar-refractivity contribution is 7.12. The average Bonchev–Trinajstić information content (AvgIpc) is 3.48. The Morgan fingerprint density at radius 2 is 1.80 bits per heavy atom. The maximum Gasteiger partial charge on any atom is 0.264 e. The van der Waals surface area contributed by atoms with Gasteiger partial charge in [0.25, 0.3) is 5.91 Å². The molecule has 2 aliphatic rings. The third-order valence-corrected chi connectivity index (χ3v) is 7.11. The highest BCUT2D eigenvalue weighted by Crippen LogP contribution is 2.31. The van der Waals surface area contributed by atoms with E-state index in [4.69, 9.17) is 0 Å². The number of rotatable bonds is 6. The molecule has 1 aromatic carbocycles. The quantitative estimate of drug-likeness (QED) is 0.765. The van der Waals surface area contributed by atoms with Gasteiger partial charge in [-0.2, -0.15) is 0 Å². The molecule has 30 heavy (non-hydrogen) atoms. The molecule has 0 unspecified atom stereocenters. The van der Waals surface area contributed by atoms with Crippen LogP contribution in [0.1, 0.15) is 40.9 Å². The summed E-state index contributed by atoms with van der Waals surface area (Å²) in [5.41, 5.74) is 0.502. The Hall–Kier alpha value is -2.25. The van der Waals surface area contributed by atoms with Crippen LogP contribution >= 0.6 is 11.3 Å². The molecule has 0 bridgehead atoms. The lowest BCUT2D eigenvalue weighted by molar-refractivity contribution is -0.129. The molecule has 1 aromatic heterocycles. The molecule has 4 rings (SSSR count). The Labute approximate surface area is 180 Å². The van der Waals surface area contributed by atoms with Crippen LogP contribution in [0.15, 0.2) is 41.8 Å². The van der Waals surface area contributed by atoms with E-state index in [2.05, 4.69) is 10.2 Å². The Morgan fingerprint density at radius 1 is 1.07 bits per heavy atom. The Morgan fingerprint density at radius 3 is 2.47 bits per heavy atom. The Balaban J connectivity index is 1.39. The molecule has 2 aromatic rings. The molecule has 5 nitrogen and oxygen atoms in total. The summed E-state index contributed by atoms with van der Waals surface area (Å²) in [6.07, 6.45) is 4.40. The van der Waals surface area contributed by atoms with Crippen molar-refractivity contribution in [2.45, 2.75) is 38.3 Å². The Bertz CT molecular complexity index is 859. The van der Waals surface area contributed by atoms with Crippen LogP contribution in [0.5, 0.6) is 0 Å². The number of nitrogens with one attached hydrogen (secondary N) is 1. The maximum atomic E-state index is 13.9. The van der Waals surface area contributed by atoms with Crippen molar-refractivity contribution in [3.63, 3.8) is 0 Å². The first-order chi connectivity index (χ1) is 14.6. The third-order valence-electron chi connectivity index (χ3n) is 6.25. The van der Waals surface area contributed by atoms with E-state index >= 15 is 0 Å². The second-order valence-electron chi connectivity index (χ2n) is 8.10. The van der Waals surface area contributed by atoms with Crippen LogP contribution in [0.3, 0.4) is 0 Å². The molecule has 1 N–H and O–H groups in total. The van der Waals surface area contributed by atoms with Gasteiger partial charge in [0.05, 0.1) is 10.9 Å². The lowest BCUT2D eigenvalue weighted by Gasteiger charge is -2.40. The zero-order valence-electron chi connectivity index (χ0n) is 17.1. The van der Waals surface area contributed by atoms with Gasteiger partial charge in [-0.1, -0.05) is 37.1 Å². The van der Waals surface area contributed by atoms with Crippen LogP contribution < -0.4 is 5.32 Å². The molecular formula is C23H28FN3O2S. The van der Waals surface area contributed by atoms with Gasteiger partial charge in [-0.05, 0) is 36.3 Å². The van der Waals surface area contributed by atoms with Crippen molar-refractivity contribution < 1.29 is 14.0 Å². The van der Waals surface area contributed by atoms with Crippen LogP contribution in [-0.2, 0) is 11.3 Å². The molecule has 160 valence electrons. The summed E-state index contributed by atoms with van der Waals surface area (Å²) in [6.45, 7) is 2.82. The second kappa shape index (κ2) is 9.71. The van der Waals surface area contributed by atoms with Crippen molar-refractivity contribution in [3.8, 4) is 0 Å². The number of hydrogen-bond donors (Lipinski definition) is 1. The molecule has 2 fully saturated rings. The first-order valence-electron chi connectivity index (χ1n) is 10.7. The summed E-state index contributed by atoms with van der Waals surface area (Å²) in [4.78, 5) is 30.7. The van der Waals surface area contributed by atoms with Gasteiger partial charge in [0, 0.05) is 38.3 Å². The first-order valence-corrected chi connectivity index (χ1v) is 11.6. The maximum absolute atomic E-state index is 13.9. The molecule has 1 aliphatic carbocycles. The molecule has 2 heterocycles. The van der Waals surface area contributed by atoms with E-state index in [1.807, 2.05) is 22.4 Å². The number of benzene rings is 1. The summed E-state index contributed by atoms with van der Waals surface area (Å²) in [7, 11) is 0. The second-order valence-corrected chi connectivity index (χ2v) is 9.05. The highest BCUT2D eigenvalue weighted by atomic mass is 32.1. The SMILES string of the molecule is O=C(NCc1ccccc1F)[C@H](C1CCCC1)N1CCN(C(=O)c2cccs2)CC1. The fourth-order valence-corrected chi connectivity index (χ4v) is 5.33. The number of carbonyl (C=O) groups is 2. The van der Waals surface area contributed by atoms with Crippen molar-refractivity contribution in [1.29, 1.82) is 0 Å². The predicted molar refractivity (Wildman–Crippen MR) is 116 cm³/mol. The molecular weight excluding hydrogens is 401 g/mol. The van der Waals surface area contributed by atoms with Crippen molar-refractivity contribution in [2.24, 2.45) is 5.92 Å². The summed E-state index contributed by atoms with van der Waals surface area (Å²) >= 11 is 1.46. The van der Waals surface area contributed by atoms with Gasteiger partial charge in [-0.3, -0.25) is 14.5 Å². The van der Waals surface area contributed by atoms with E-state index in [9.17, 15) is 14.0 Å². The monoisotopic (exact) mass is 429 g/mol. The number of halogens is 1. The van der Waals surface area contributed by atoms with Crippen LogP contribution in [-0.4, -0.2) is 53.8 Å². The molecule has 1 saturated heterocycles. The van der Waals surface area contributed by atoms with E-state index in [1.54, 1.807) is 18.2 Å². The summed E-state index contributed by atoms with van der Waals surface area (Å²) in [5.74, 6) is 0.0790. The number of hydrogen-bond acceptors (Lipinski definition) is 4. The van der Waals surface area contributed by atoms with Crippen LogP contribution in [0.25, 0.3) is 0 Å². The van der Waals surface area contributed by atoms with Crippen molar-refractivity contribution in [1.82, 2.24) is 15.1 Å². The molecule has 1 aliphatic heterocycles. The largest absolute Gasteiger partial charge is 0.351 e. The smallest absolute Gasteiger partial charge is 0.264 e. The summed E-state index contributed by atoms with van der Waals surface area (Å²) in [5, 5.41) is 4.89. The molecule has 2 amide bonds. The molecule has 1 atom stereocenters. The Kier molecular flexibility index (Phi) is 6.79. The lowest BCUT2D eigenvalue weighted by Crippen LogP contribution is -2.57. The fraction of sp³-hybridized carbons (Fsp3) is 0.478. The summed E-state index contributed by atoms with van der Waals surface area (Å²) < 4.78 is 13.9. The number of thiophene rings is 1. The van der Waals surface area contributed by atoms with E-state index in [0.29, 0.717) is 37.7 Å². The van der Waals surface area contributed by atoms with E-state index in [1.165, 1.54) is 17.4 Å². The average molecular weight is 430 g/mol.